The van der Waals surface area contributed by atoms with Gasteiger partial charge in [-0.3, -0.25) is 0 Å². The number of imidazole rings is 1. The van der Waals surface area contributed by atoms with E-state index in [9.17, 15) is 0 Å². The number of halogens is 1. The Balaban J connectivity index is 0.00000120. The highest BCUT2D eigenvalue weighted by molar-refractivity contribution is 5.85. The summed E-state index contributed by atoms with van der Waals surface area (Å²) in [4.78, 5) is 20.1. The zero-order chi connectivity index (χ0) is 11.8. The number of nitrogens with one attached hydrogen (secondary N) is 1. The highest BCUT2D eigenvalue weighted by Crippen LogP contribution is 2.22. The predicted molar refractivity (Wildman–Crippen MR) is 73.1 cm³/mol. The van der Waals surface area contributed by atoms with Crippen LogP contribution in [0.3, 0.4) is 0 Å². The van der Waals surface area contributed by atoms with Crippen molar-refractivity contribution in [3.63, 3.8) is 0 Å². The van der Waals surface area contributed by atoms with Crippen molar-refractivity contribution in [1.82, 2.24) is 24.8 Å². The summed E-state index contributed by atoms with van der Waals surface area (Å²) in [5.74, 6) is 1.14. The topological polar surface area (TPSA) is 87.0 Å². The van der Waals surface area contributed by atoms with E-state index in [4.69, 9.17) is 5.73 Å². The van der Waals surface area contributed by atoms with E-state index in [0.29, 0.717) is 5.65 Å². The molecule has 0 saturated carbocycles. The summed E-state index contributed by atoms with van der Waals surface area (Å²) in [6.07, 6.45) is 1.62. The number of piperazine rings is 1. The van der Waals surface area contributed by atoms with Crippen LogP contribution < -0.4 is 10.6 Å². The molecule has 7 nitrogen and oxygen atoms in total. The van der Waals surface area contributed by atoms with Gasteiger partial charge in [0.2, 0.25) is 5.95 Å². The molecule has 8 heteroatoms. The van der Waals surface area contributed by atoms with Crippen molar-refractivity contribution in [2.45, 2.75) is 0 Å². The Labute approximate surface area is 111 Å². The van der Waals surface area contributed by atoms with Gasteiger partial charge in [-0.15, -0.1) is 12.4 Å². The molecule has 18 heavy (non-hydrogen) atoms. The van der Waals surface area contributed by atoms with Crippen molar-refractivity contribution >= 4 is 35.3 Å². The normalized spacial score (nSPS) is 16.8. The van der Waals surface area contributed by atoms with Gasteiger partial charge in [0.05, 0.1) is 6.33 Å². The first kappa shape index (κ1) is 12.8. The van der Waals surface area contributed by atoms with Crippen LogP contribution in [-0.4, -0.2) is 58.1 Å². The van der Waals surface area contributed by atoms with Crippen LogP contribution in [0.5, 0.6) is 0 Å². The van der Waals surface area contributed by atoms with E-state index in [1.807, 2.05) is 0 Å². The fourth-order valence-corrected chi connectivity index (χ4v) is 2.08. The van der Waals surface area contributed by atoms with E-state index in [2.05, 4.69) is 36.8 Å². The Bertz CT molecular complexity index is 532. The van der Waals surface area contributed by atoms with Gasteiger partial charge >= 0.3 is 0 Å². The third-order valence-electron chi connectivity index (χ3n) is 3.09. The highest BCUT2D eigenvalue weighted by atomic mass is 35.5. The number of rotatable bonds is 1. The van der Waals surface area contributed by atoms with E-state index in [1.165, 1.54) is 0 Å². The van der Waals surface area contributed by atoms with Crippen molar-refractivity contribution < 1.29 is 0 Å². The van der Waals surface area contributed by atoms with Crippen molar-refractivity contribution in [3.05, 3.63) is 6.33 Å². The summed E-state index contributed by atoms with van der Waals surface area (Å²) in [6, 6.07) is 0. The maximum absolute atomic E-state index is 5.70. The summed E-state index contributed by atoms with van der Waals surface area (Å²) in [7, 11) is 2.12. The smallest absolute Gasteiger partial charge is 0.224 e. The Morgan fingerprint density at radius 2 is 1.94 bits per heavy atom. The number of hydrogen-bond acceptors (Lipinski definition) is 6. The molecule has 0 radical (unpaired) electrons. The quantitative estimate of drug-likeness (QED) is 0.764. The lowest BCUT2D eigenvalue weighted by Crippen LogP contribution is -2.45. The molecule has 0 amide bonds. The number of H-pyrrole nitrogens is 1. The van der Waals surface area contributed by atoms with Gasteiger partial charge in [-0.25, -0.2) is 4.98 Å². The summed E-state index contributed by atoms with van der Waals surface area (Å²) < 4.78 is 0. The van der Waals surface area contributed by atoms with E-state index < -0.39 is 0 Å². The minimum Gasteiger partial charge on any atom is -0.368 e. The molecule has 1 saturated heterocycles. The van der Waals surface area contributed by atoms with Gasteiger partial charge in [-0.2, -0.15) is 9.97 Å². The summed E-state index contributed by atoms with van der Waals surface area (Å²) in [6.45, 7) is 3.95. The van der Waals surface area contributed by atoms with Crippen LogP contribution in [0.25, 0.3) is 11.2 Å². The average molecular weight is 270 g/mol. The monoisotopic (exact) mass is 269 g/mol. The molecule has 2 aromatic heterocycles. The number of nitrogens with zero attached hydrogens (tertiary/aromatic N) is 5. The molecule has 0 spiro atoms. The molecule has 98 valence electrons. The van der Waals surface area contributed by atoms with E-state index in [-0.39, 0.29) is 18.4 Å². The lowest BCUT2D eigenvalue weighted by molar-refractivity contribution is 0.312. The molecule has 0 unspecified atom stereocenters. The lowest BCUT2D eigenvalue weighted by atomic mass is 10.3. The molecular formula is C10H16ClN7. The van der Waals surface area contributed by atoms with Crippen LogP contribution in [0.4, 0.5) is 11.8 Å². The van der Waals surface area contributed by atoms with Gasteiger partial charge in [0.1, 0.15) is 5.52 Å². The molecule has 1 aliphatic rings. The van der Waals surface area contributed by atoms with Gasteiger partial charge in [-0.1, -0.05) is 0 Å². The van der Waals surface area contributed by atoms with Crippen LogP contribution in [-0.2, 0) is 0 Å². The highest BCUT2D eigenvalue weighted by Gasteiger charge is 2.19. The molecule has 0 aliphatic carbocycles. The third kappa shape index (κ3) is 2.19. The maximum Gasteiger partial charge on any atom is 0.224 e. The zero-order valence-electron chi connectivity index (χ0n) is 10.1. The fraction of sp³-hybridized carbons (Fsp3) is 0.500. The van der Waals surface area contributed by atoms with Crippen LogP contribution in [0, 0.1) is 0 Å². The second-order valence-electron chi connectivity index (χ2n) is 4.30. The largest absolute Gasteiger partial charge is 0.368 e. The summed E-state index contributed by atoms with van der Waals surface area (Å²) in [5, 5.41) is 0. The molecule has 0 bridgehead atoms. The first-order valence-corrected chi connectivity index (χ1v) is 5.64. The Hall–Kier alpha value is -1.60. The molecule has 3 rings (SSSR count). The zero-order valence-corrected chi connectivity index (χ0v) is 10.9. The standard InChI is InChI=1S/C10H15N7.ClH/c1-16-2-4-17(5-3-16)9-7-8(13-6-12-7)14-10(11)15-9;/h6H,2-5H2,1H3,(H3,11,12,13,14,15);1H. The average Bonchev–Trinajstić information content (AvgIpc) is 2.77. The van der Waals surface area contributed by atoms with Crippen LogP contribution in [0.15, 0.2) is 6.33 Å². The lowest BCUT2D eigenvalue weighted by Gasteiger charge is -2.33. The number of fused-ring (bicyclic) bond motifs is 1. The minimum atomic E-state index is 0. The molecule has 3 N–H and O–H groups in total. The number of hydrogen-bond donors (Lipinski definition) is 2. The number of nitrogens with two attached hydrogens (primary N) is 1. The molecule has 3 heterocycles. The van der Waals surface area contributed by atoms with E-state index >= 15 is 0 Å². The number of aromatic amines is 1. The van der Waals surface area contributed by atoms with Crippen LogP contribution >= 0.6 is 12.4 Å². The molecule has 1 aliphatic heterocycles. The molecule has 1 fully saturated rings. The van der Waals surface area contributed by atoms with Crippen molar-refractivity contribution in [3.8, 4) is 0 Å². The first-order chi connectivity index (χ1) is 8.24. The van der Waals surface area contributed by atoms with Gasteiger partial charge in [0, 0.05) is 26.2 Å². The van der Waals surface area contributed by atoms with E-state index in [1.54, 1.807) is 6.33 Å². The number of nitrogen functional groups attached to an aromatic ring is 1. The van der Waals surface area contributed by atoms with Gasteiger partial charge in [0.15, 0.2) is 11.5 Å². The van der Waals surface area contributed by atoms with Crippen LogP contribution in [0.2, 0.25) is 0 Å². The Kier molecular flexibility index (Phi) is 3.53. The number of likely N-dealkylation sites (N-methyl/N-ethyl adjacent to an activating group) is 1. The molecule has 0 aromatic carbocycles. The molecule has 0 atom stereocenters. The first-order valence-electron chi connectivity index (χ1n) is 5.64. The van der Waals surface area contributed by atoms with Gasteiger partial charge in [0.25, 0.3) is 0 Å². The summed E-state index contributed by atoms with van der Waals surface area (Å²) >= 11 is 0. The van der Waals surface area contributed by atoms with E-state index in [0.717, 1.165) is 37.5 Å². The van der Waals surface area contributed by atoms with Crippen molar-refractivity contribution in [2.75, 3.05) is 43.9 Å². The second-order valence-corrected chi connectivity index (χ2v) is 4.30. The summed E-state index contributed by atoms with van der Waals surface area (Å²) in [5.41, 5.74) is 7.20. The molecular weight excluding hydrogens is 254 g/mol. The van der Waals surface area contributed by atoms with Gasteiger partial charge in [-0.05, 0) is 7.05 Å². The number of anilines is 2. The molecule has 2 aromatic rings. The van der Waals surface area contributed by atoms with Crippen molar-refractivity contribution in [1.29, 1.82) is 0 Å². The fourth-order valence-electron chi connectivity index (χ4n) is 2.08. The third-order valence-corrected chi connectivity index (χ3v) is 3.09. The SMILES string of the molecule is CN1CCN(c2nc(N)nc3nc[nH]c23)CC1.Cl. The Morgan fingerprint density at radius 1 is 1.22 bits per heavy atom. The van der Waals surface area contributed by atoms with Crippen LogP contribution in [0.1, 0.15) is 0 Å². The Morgan fingerprint density at radius 3 is 2.67 bits per heavy atom. The second kappa shape index (κ2) is 4.95. The van der Waals surface area contributed by atoms with Gasteiger partial charge < -0.3 is 20.5 Å². The minimum absolute atomic E-state index is 0. The predicted octanol–water partition coefficient (Wildman–Crippen LogP) is 0.109. The van der Waals surface area contributed by atoms with Crippen molar-refractivity contribution in [2.24, 2.45) is 0 Å². The number of aromatic nitrogens is 4. The maximum atomic E-state index is 5.70.